The number of fused-ring (bicyclic) bond motifs is 1. The molecule has 2 atom stereocenters. The van der Waals surface area contributed by atoms with Gasteiger partial charge in [-0.2, -0.15) is 0 Å². The molecule has 2 aliphatic heterocycles. The lowest BCUT2D eigenvalue weighted by Gasteiger charge is -2.35. The molecule has 0 aliphatic carbocycles. The van der Waals surface area contributed by atoms with Crippen molar-refractivity contribution in [3.8, 4) is 0 Å². The summed E-state index contributed by atoms with van der Waals surface area (Å²) in [6.07, 6.45) is 1.72. The monoisotopic (exact) mass is 274 g/mol. The molecule has 1 aromatic carbocycles. The highest BCUT2D eigenvalue weighted by molar-refractivity contribution is 5.91. The average molecular weight is 274 g/mol. The minimum Gasteiger partial charge on any atom is -0.399 e. The van der Waals surface area contributed by atoms with Crippen molar-refractivity contribution in [1.82, 2.24) is 10.2 Å². The maximum absolute atomic E-state index is 12.4. The molecule has 2 aliphatic rings. The standard InChI is InChI=1S/C14H18N4O2/c15-9-3-1-4-10(7-9)17-14(20)18-6-2-5-11-12(18)8-16-13(11)19/h1,3-4,7,11-12H,2,5-6,8,15H2,(H,16,19)(H,17,20). The summed E-state index contributed by atoms with van der Waals surface area (Å²) in [6.45, 7) is 1.23. The summed E-state index contributed by atoms with van der Waals surface area (Å²) in [5.74, 6) is 0.00629. The highest BCUT2D eigenvalue weighted by Gasteiger charge is 2.42. The third kappa shape index (κ3) is 2.29. The fourth-order valence-corrected chi connectivity index (χ4v) is 3.02. The molecule has 2 unspecified atom stereocenters. The van der Waals surface area contributed by atoms with Crippen molar-refractivity contribution < 1.29 is 9.59 Å². The zero-order chi connectivity index (χ0) is 14.1. The molecule has 0 aromatic heterocycles. The van der Waals surface area contributed by atoms with Gasteiger partial charge < -0.3 is 21.3 Å². The summed E-state index contributed by atoms with van der Waals surface area (Å²) in [5, 5.41) is 5.69. The first kappa shape index (κ1) is 12.8. The summed E-state index contributed by atoms with van der Waals surface area (Å²) in [5.41, 5.74) is 6.98. The Kier molecular flexibility index (Phi) is 3.22. The molecule has 1 aromatic rings. The quantitative estimate of drug-likeness (QED) is 0.668. The van der Waals surface area contributed by atoms with Gasteiger partial charge in [0, 0.05) is 24.5 Å². The van der Waals surface area contributed by atoms with E-state index < -0.39 is 0 Å². The van der Waals surface area contributed by atoms with Gasteiger partial charge in [0.15, 0.2) is 0 Å². The van der Waals surface area contributed by atoms with E-state index in [1.54, 1.807) is 29.2 Å². The van der Waals surface area contributed by atoms with Crippen LogP contribution in [0.3, 0.4) is 0 Å². The number of likely N-dealkylation sites (tertiary alicyclic amines) is 1. The third-order valence-electron chi connectivity index (χ3n) is 4.00. The van der Waals surface area contributed by atoms with E-state index in [0.717, 1.165) is 12.8 Å². The molecule has 0 bridgehead atoms. The molecule has 20 heavy (non-hydrogen) atoms. The lowest BCUT2D eigenvalue weighted by Crippen LogP contribution is -2.50. The van der Waals surface area contributed by atoms with Gasteiger partial charge in [0.1, 0.15) is 0 Å². The Morgan fingerprint density at radius 2 is 2.30 bits per heavy atom. The number of hydrogen-bond acceptors (Lipinski definition) is 3. The smallest absolute Gasteiger partial charge is 0.322 e. The zero-order valence-corrected chi connectivity index (χ0v) is 11.1. The number of nitrogens with zero attached hydrogens (tertiary/aromatic N) is 1. The van der Waals surface area contributed by atoms with Crippen LogP contribution < -0.4 is 16.4 Å². The topological polar surface area (TPSA) is 87.5 Å². The molecule has 3 rings (SSSR count). The van der Waals surface area contributed by atoms with Crippen molar-refractivity contribution in [3.05, 3.63) is 24.3 Å². The van der Waals surface area contributed by atoms with Crippen molar-refractivity contribution in [3.63, 3.8) is 0 Å². The number of nitrogens with one attached hydrogen (secondary N) is 2. The second kappa shape index (κ2) is 5.03. The molecule has 106 valence electrons. The van der Waals surface area contributed by atoms with Crippen molar-refractivity contribution in [1.29, 1.82) is 0 Å². The molecule has 3 amide bonds. The summed E-state index contributed by atoms with van der Waals surface area (Å²) >= 11 is 0. The van der Waals surface area contributed by atoms with Gasteiger partial charge in [-0.1, -0.05) is 6.07 Å². The maximum Gasteiger partial charge on any atom is 0.322 e. The van der Waals surface area contributed by atoms with Crippen LogP contribution in [0, 0.1) is 5.92 Å². The van der Waals surface area contributed by atoms with Crippen molar-refractivity contribution in [2.24, 2.45) is 5.92 Å². The van der Waals surface area contributed by atoms with E-state index >= 15 is 0 Å². The number of carbonyl (C=O) groups excluding carboxylic acids is 2. The van der Waals surface area contributed by atoms with E-state index in [9.17, 15) is 9.59 Å². The highest BCUT2D eigenvalue weighted by atomic mass is 16.2. The number of carbonyl (C=O) groups is 2. The number of nitrogen functional groups attached to an aromatic ring is 1. The van der Waals surface area contributed by atoms with Gasteiger partial charge in [0.2, 0.25) is 5.91 Å². The van der Waals surface area contributed by atoms with Crippen LogP contribution in [0.2, 0.25) is 0 Å². The maximum atomic E-state index is 12.4. The van der Waals surface area contributed by atoms with Crippen molar-refractivity contribution in [2.45, 2.75) is 18.9 Å². The normalized spacial score (nSPS) is 25.0. The summed E-state index contributed by atoms with van der Waals surface area (Å²) in [6, 6.07) is 6.89. The predicted molar refractivity (Wildman–Crippen MR) is 76.1 cm³/mol. The van der Waals surface area contributed by atoms with Crippen LogP contribution in [0.15, 0.2) is 24.3 Å². The van der Waals surface area contributed by atoms with Crippen LogP contribution in [-0.4, -0.2) is 36.0 Å². The van der Waals surface area contributed by atoms with E-state index in [4.69, 9.17) is 5.73 Å². The molecule has 0 spiro atoms. The van der Waals surface area contributed by atoms with Gasteiger partial charge in [-0.15, -0.1) is 0 Å². The van der Waals surface area contributed by atoms with Gasteiger partial charge >= 0.3 is 6.03 Å². The molecule has 6 heteroatoms. The molecule has 0 saturated carbocycles. The van der Waals surface area contributed by atoms with Crippen LogP contribution in [0.4, 0.5) is 16.2 Å². The van der Waals surface area contributed by atoms with E-state index in [1.807, 2.05) is 0 Å². The molecule has 2 heterocycles. The molecule has 2 saturated heterocycles. The summed E-state index contributed by atoms with van der Waals surface area (Å²) in [4.78, 5) is 25.8. The first-order chi connectivity index (χ1) is 9.65. The average Bonchev–Trinajstić information content (AvgIpc) is 2.81. The van der Waals surface area contributed by atoms with Crippen LogP contribution in [-0.2, 0) is 4.79 Å². The molecule has 2 fully saturated rings. The van der Waals surface area contributed by atoms with Gasteiger partial charge in [-0.05, 0) is 31.0 Å². The number of urea groups is 1. The SMILES string of the molecule is Nc1cccc(NC(=O)N2CCCC3C(=O)NCC32)c1. The van der Waals surface area contributed by atoms with Gasteiger partial charge in [-0.25, -0.2) is 4.79 Å². The first-order valence-electron chi connectivity index (χ1n) is 6.86. The number of piperidine rings is 1. The number of hydrogen-bond donors (Lipinski definition) is 3. The summed E-state index contributed by atoms with van der Waals surface area (Å²) < 4.78 is 0. The van der Waals surface area contributed by atoms with Crippen molar-refractivity contribution >= 4 is 23.3 Å². The number of nitrogens with two attached hydrogens (primary N) is 1. The molecular formula is C14H18N4O2. The molecule has 6 nitrogen and oxygen atoms in total. The van der Waals surface area contributed by atoms with Crippen molar-refractivity contribution in [2.75, 3.05) is 24.1 Å². The number of rotatable bonds is 1. The van der Waals surface area contributed by atoms with Crippen LogP contribution >= 0.6 is 0 Å². The Bertz CT molecular complexity index is 546. The fraction of sp³-hybridized carbons (Fsp3) is 0.429. The van der Waals surface area contributed by atoms with Crippen LogP contribution in [0.5, 0.6) is 0 Å². The second-order valence-electron chi connectivity index (χ2n) is 5.31. The zero-order valence-electron chi connectivity index (χ0n) is 11.1. The Hall–Kier alpha value is -2.24. The Labute approximate surface area is 117 Å². The van der Waals surface area contributed by atoms with Crippen LogP contribution in [0.1, 0.15) is 12.8 Å². The molecule has 0 radical (unpaired) electrons. The summed E-state index contributed by atoms with van der Waals surface area (Å²) in [7, 11) is 0. The first-order valence-corrected chi connectivity index (χ1v) is 6.86. The second-order valence-corrected chi connectivity index (χ2v) is 5.31. The predicted octanol–water partition coefficient (Wildman–Crippen LogP) is 1.01. The molecule has 4 N–H and O–H groups in total. The highest BCUT2D eigenvalue weighted by Crippen LogP contribution is 2.28. The number of benzene rings is 1. The number of amides is 3. The van der Waals surface area contributed by atoms with E-state index in [1.165, 1.54) is 0 Å². The minimum absolute atomic E-state index is 0.0303. The Balaban J connectivity index is 1.72. The lowest BCUT2D eigenvalue weighted by atomic mass is 9.92. The third-order valence-corrected chi connectivity index (χ3v) is 4.00. The van der Waals surface area contributed by atoms with Gasteiger partial charge in [0.05, 0.1) is 12.0 Å². The fourth-order valence-electron chi connectivity index (χ4n) is 3.02. The molecular weight excluding hydrogens is 256 g/mol. The Morgan fingerprint density at radius 3 is 3.10 bits per heavy atom. The van der Waals surface area contributed by atoms with Gasteiger partial charge in [-0.3, -0.25) is 4.79 Å². The van der Waals surface area contributed by atoms with E-state index in [2.05, 4.69) is 10.6 Å². The number of anilines is 2. The van der Waals surface area contributed by atoms with Crippen LogP contribution in [0.25, 0.3) is 0 Å². The van der Waals surface area contributed by atoms with E-state index in [-0.39, 0.29) is 23.9 Å². The van der Waals surface area contributed by atoms with E-state index in [0.29, 0.717) is 24.5 Å². The largest absolute Gasteiger partial charge is 0.399 e. The lowest BCUT2D eigenvalue weighted by molar-refractivity contribution is -0.123. The van der Waals surface area contributed by atoms with Gasteiger partial charge in [0.25, 0.3) is 0 Å². The minimum atomic E-state index is -0.165. The Morgan fingerprint density at radius 1 is 1.45 bits per heavy atom.